The predicted molar refractivity (Wildman–Crippen MR) is 250 cm³/mol. The number of rotatable bonds is 11. The molecule has 64 heavy (non-hydrogen) atoms. The van der Waals surface area contributed by atoms with E-state index in [0.717, 1.165) is 74.8 Å². The van der Waals surface area contributed by atoms with Crippen molar-refractivity contribution in [2.45, 2.75) is 90.8 Å². The van der Waals surface area contributed by atoms with Crippen LogP contribution in [0.25, 0.3) is 43.2 Å². The quantitative estimate of drug-likeness (QED) is 0.113. The zero-order valence-corrected chi connectivity index (χ0v) is 38.4. The molecule has 15 heteroatoms. The maximum absolute atomic E-state index is 14.4. The summed E-state index contributed by atoms with van der Waals surface area (Å²) in [6.07, 6.45) is 3.09. The lowest BCUT2D eigenvalue weighted by Gasteiger charge is -2.33. The Morgan fingerprint density at radius 2 is 1.69 bits per heavy atom. The molecule has 2 aliphatic rings. The number of anilines is 1. The molecule has 0 radical (unpaired) electrons. The first kappa shape index (κ1) is 43.2. The number of phenolic OH excluding ortho intramolecular Hbond substituents is 1. The fourth-order valence-electron chi connectivity index (χ4n) is 9.33. The predicted octanol–water partition coefficient (Wildman–Crippen LogP) is 9.13. The number of pyridine rings is 1. The summed E-state index contributed by atoms with van der Waals surface area (Å²) < 4.78 is 5.90. The van der Waals surface area contributed by atoms with Gasteiger partial charge in [0.05, 0.1) is 33.9 Å². The molecule has 2 aliphatic heterocycles. The molecule has 330 valence electrons. The molecular formula is C49H52N8O5S2. The van der Waals surface area contributed by atoms with Gasteiger partial charge in [0.25, 0.3) is 0 Å². The number of aromatic hydroxyl groups is 1. The third-order valence-electron chi connectivity index (χ3n) is 12.8. The number of thiazole rings is 1. The van der Waals surface area contributed by atoms with Crippen LogP contribution in [0.4, 0.5) is 5.82 Å². The molecule has 0 saturated carbocycles. The van der Waals surface area contributed by atoms with Crippen LogP contribution >= 0.6 is 22.7 Å². The largest absolute Gasteiger partial charge is 0.507 e. The first-order valence-corrected chi connectivity index (χ1v) is 23.6. The topological polar surface area (TPSA) is 171 Å². The van der Waals surface area contributed by atoms with E-state index in [0.29, 0.717) is 28.6 Å². The number of para-hydroxylation sites is 1. The number of carbonyl (C=O) groups excluding carboxylic acids is 2. The minimum absolute atomic E-state index is 0.0559. The number of nitrogens with zero attached hydrogens (tertiary/aromatic N) is 7. The summed E-state index contributed by atoms with van der Waals surface area (Å²) in [4.78, 5) is 44.6. The average molecular weight is 897 g/mol. The number of nitrogens with one attached hydrogen (secondary N) is 1. The monoisotopic (exact) mass is 896 g/mol. The molecule has 2 fully saturated rings. The van der Waals surface area contributed by atoms with Crippen molar-refractivity contribution in [2.75, 3.05) is 24.5 Å². The number of amides is 2. The van der Waals surface area contributed by atoms with Crippen molar-refractivity contribution < 1.29 is 24.3 Å². The molecule has 3 N–H and O–H groups in total. The van der Waals surface area contributed by atoms with Crippen LogP contribution in [-0.4, -0.2) is 84.0 Å². The van der Waals surface area contributed by atoms with Crippen molar-refractivity contribution in [1.82, 2.24) is 35.5 Å². The van der Waals surface area contributed by atoms with Crippen LogP contribution in [0.3, 0.4) is 0 Å². The van der Waals surface area contributed by atoms with Gasteiger partial charge in [-0.15, -0.1) is 32.9 Å². The Bertz CT molecular complexity index is 2830. The van der Waals surface area contributed by atoms with E-state index in [2.05, 4.69) is 50.5 Å². The van der Waals surface area contributed by atoms with E-state index < -0.39 is 18.1 Å². The second-order valence-electron chi connectivity index (χ2n) is 17.5. The van der Waals surface area contributed by atoms with E-state index in [1.165, 1.54) is 15.3 Å². The lowest BCUT2D eigenvalue weighted by Crippen LogP contribution is -2.48. The Hall–Kier alpha value is -6.03. The fourth-order valence-corrected chi connectivity index (χ4v) is 11.4. The molecule has 0 unspecified atom stereocenters. The first-order chi connectivity index (χ1) is 30.8. The van der Waals surface area contributed by atoms with Crippen molar-refractivity contribution >= 4 is 50.5 Å². The van der Waals surface area contributed by atoms with Gasteiger partial charge in [0.2, 0.25) is 11.8 Å². The Labute approximate surface area is 380 Å². The molecule has 2 saturated heterocycles. The minimum Gasteiger partial charge on any atom is -0.507 e. The number of thiophene rings is 1. The second-order valence-corrected chi connectivity index (χ2v) is 19.4. The molecule has 13 nitrogen and oxygen atoms in total. The Balaban J connectivity index is 0.847. The van der Waals surface area contributed by atoms with Gasteiger partial charge < -0.3 is 29.9 Å². The summed E-state index contributed by atoms with van der Waals surface area (Å²) >= 11 is 3.31. The number of aryl methyl sites for hydroxylation is 3. The molecule has 2 aromatic carbocycles. The number of hydrogen-bond donors (Lipinski definition) is 3. The van der Waals surface area contributed by atoms with Crippen molar-refractivity contribution in [3.8, 4) is 38.7 Å². The summed E-state index contributed by atoms with van der Waals surface area (Å²) in [6, 6.07) is 20.0. The number of fused-ring (bicyclic) bond motifs is 1. The molecule has 0 aliphatic carbocycles. The Morgan fingerprint density at radius 1 is 0.922 bits per heavy atom. The first-order valence-electron chi connectivity index (χ1n) is 21.9. The lowest BCUT2D eigenvalue weighted by molar-refractivity contribution is -0.141. The van der Waals surface area contributed by atoms with Crippen molar-refractivity contribution in [2.24, 2.45) is 5.92 Å². The number of piperidine rings is 1. The number of aliphatic hydroxyl groups excluding tert-OH is 1. The van der Waals surface area contributed by atoms with E-state index in [1.807, 2.05) is 81.9 Å². The summed E-state index contributed by atoms with van der Waals surface area (Å²) in [5, 5.41) is 38.7. The number of β-amino-alcohol motifs (C(OH)–C–C–N with tert-alkyl or cyclic N) is 1. The maximum atomic E-state index is 14.4. The van der Waals surface area contributed by atoms with E-state index in [4.69, 9.17) is 9.51 Å². The smallest absolute Gasteiger partial charge is 0.243 e. The van der Waals surface area contributed by atoms with Crippen molar-refractivity contribution in [1.29, 1.82) is 0 Å². The number of aromatic nitrogens is 5. The zero-order valence-electron chi connectivity index (χ0n) is 36.8. The zero-order chi connectivity index (χ0) is 44.8. The summed E-state index contributed by atoms with van der Waals surface area (Å²) in [5.41, 5.74) is 9.76. The number of carbonyl (C=O) groups is 2. The number of benzene rings is 2. The second kappa shape index (κ2) is 17.9. The van der Waals surface area contributed by atoms with E-state index in [9.17, 15) is 19.8 Å². The Morgan fingerprint density at radius 3 is 2.39 bits per heavy atom. The standard InChI is InChI=1S/C49H52N8O5S2/c1-26(2)43(49(61)57-24-35(58)20-40(57)47(60)52-29(5)31-11-13-32(14-12-31)45-30(6)51-25-63-45)42-22-38(55-62-42)34-19-27(3)46(50-23-34)56-17-15-33(16-18-56)44-28(4)37-21-39(53-54-48(37)64-44)36-9-7-8-10-41(36)59/h7-14,19,21-23,25-26,29,33,35,40,43,58-59H,15-18,20,24H2,1-6H3,(H,52,60)/t29-,35+,40-,43+/m0/s1. The summed E-state index contributed by atoms with van der Waals surface area (Å²) in [5.74, 6) is 0.441. The number of aliphatic hydroxyl groups is 1. The highest BCUT2D eigenvalue weighted by atomic mass is 32.1. The fraction of sp³-hybridized carbons (Fsp3) is 0.367. The van der Waals surface area contributed by atoms with Crippen LogP contribution in [0, 0.1) is 26.7 Å². The summed E-state index contributed by atoms with van der Waals surface area (Å²) in [7, 11) is 0. The van der Waals surface area contributed by atoms with Crippen molar-refractivity contribution in [3.63, 3.8) is 0 Å². The third-order valence-corrected chi connectivity index (χ3v) is 15.2. The molecule has 4 atom stereocenters. The van der Waals surface area contributed by atoms with Crippen LogP contribution in [0.5, 0.6) is 5.75 Å². The van der Waals surface area contributed by atoms with Gasteiger partial charge in [-0.3, -0.25) is 9.59 Å². The minimum atomic E-state index is -0.829. The highest BCUT2D eigenvalue weighted by Gasteiger charge is 2.43. The van der Waals surface area contributed by atoms with Gasteiger partial charge in [0, 0.05) is 59.7 Å². The van der Waals surface area contributed by atoms with Gasteiger partial charge in [-0.1, -0.05) is 55.4 Å². The van der Waals surface area contributed by atoms with Crippen LogP contribution in [0.2, 0.25) is 0 Å². The molecule has 7 aromatic rings. The normalized spacial score (nSPS) is 17.9. The summed E-state index contributed by atoms with van der Waals surface area (Å²) in [6.45, 7) is 13.8. The molecule has 0 bridgehead atoms. The van der Waals surface area contributed by atoms with E-state index in [1.54, 1.807) is 40.9 Å². The SMILES string of the molecule is Cc1cc(-c2cc([C@H](C(=O)N3C[C@H](O)C[C@H]3C(=O)N[C@@H](C)c3ccc(-c4scnc4C)cc3)C(C)C)on2)cnc1N1CCC(c2sc3nnc(-c4ccccc4O)cc3c2C)CC1. The molecular weight excluding hydrogens is 845 g/mol. The van der Waals surface area contributed by atoms with E-state index in [-0.39, 0.29) is 42.5 Å². The molecule has 0 spiro atoms. The van der Waals surface area contributed by atoms with Gasteiger partial charge in [0.15, 0.2) is 0 Å². The van der Waals surface area contributed by atoms with Crippen LogP contribution < -0.4 is 10.2 Å². The lowest BCUT2D eigenvalue weighted by atomic mass is 9.91. The Kier molecular flexibility index (Phi) is 12.1. The van der Waals surface area contributed by atoms with Gasteiger partial charge in [0.1, 0.15) is 39.8 Å². The van der Waals surface area contributed by atoms with Crippen molar-refractivity contribution in [3.05, 3.63) is 111 Å². The van der Waals surface area contributed by atoms with Gasteiger partial charge in [-0.2, -0.15) is 0 Å². The third kappa shape index (κ3) is 8.39. The number of likely N-dealkylation sites (tertiary alicyclic amines) is 1. The van der Waals surface area contributed by atoms with Gasteiger partial charge >= 0.3 is 0 Å². The molecule has 9 rings (SSSR count). The van der Waals surface area contributed by atoms with Crippen LogP contribution in [0.1, 0.15) is 90.9 Å². The van der Waals surface area contributed by atoms with Gasteiger partial charge in [-0.05, 0) is 98.9 Å². The highest BCUT2D eigenvalue weighted by molar-refractivity contribution is 7.19. The number of hydrogen-bond acceptors (Lipinski definition) is 13. The van der Waals surface area contributed by atoms with Gasteiger partial charge in [-0.25, -0.2) is 9.97 Å². The molecule has 2 amide bonds. The van der Waals surface area contributed by atoms with E-state index >= 15 is 0 Å². The maximum Gasteiger partial charge on any atom is 0.243 e. The van der Waals surface area contributed by atoms with Crippen LogP contribution in [0.15, 0.2) is 83.0 Å². The number of phenols is 1. The highest BCUT2D eigenvalue weighted by Crippen LogP contribution is 2.42. The average Bonchev–Trinajstić information content (AvgIpc) is 4.11. The van der Waals surface area contributed by atoms with Crippen LogP contribution in [-0.2, 0) is 9.59 Å². The molecule has 7 heterocycles. The molecule has 5 aromatic heterocycles.